The van der Waals surface area contributed by atoms with Gasteiger partial charge in [-0.3, -0.25) is 14.2 Å². The zero-order valence-electron chi connectivity index (χ0n) is 22.9. The summed E-state index contributed by atoms with van der Waals surface area (Å²) in [5.74, 6) is 1.55. The fourth-order valence-electron chi connectivity index (χ4n) is 4.63. The normalized spacial score (nSPS) is 13.3. The van der Waals surface area contributed by atoms with Crippen LogP contribution in [0.1, 0.15) is 56.3 Å². The van der Waals surface area contributed by atoms with Gasteiger partial charge in [-0.25, -0.2) is 9.97 Å². The number of anilines is 4. The van der Waals surface area contributed by atoms with Gasteiger partial charge < -0.3 is 21.1 Å². The second-order valence-corrected chi connectivity index (χ2v) is 9.15. The first-order valence-corrected chi connectivity index (χ1v) is 13.3. The molecule has 12 nitrogen and oxygen atoms in total. The highest BCUT2D eigenvalue weighted by Gasteiger charge is 2.19. The number of nitrogens with two attached hydrogens (primary N) is 1. The molecule has 5 rings (SSSR count). The number of aryl methyl sites for hydroxylation is 1. The van der Waals surface area contributed by atoms with Gasteiger partial charge in [0.2, 0.25) is 5.95 Å². The molecule has 1 saturated carbocycles. The van der Waals surface area contributed by atoms with Gasteiger partial charge in [-0.05, 0) is 30.9 Å². The molecule has 0 atom stereocenters. The van der Waals surface area contributed by atoms with Crippen LogP contribution in [0.5, 0.6) is 5.75 Å². The number of carbonyl (C=O) groups is 1. The number of benzene rings is 1. The molecule has 0 aliphatic heterocycles. The maximum atomic E-state index is 12.1. The van der Waals surface area contributed by atoms with Gasteiger partial charge in [-0.2, -0.15) is 15.2 Å². The van der Waals surface area contributed by atoms with Crippen LogP contribution in [0, 0.1) is 5.92 Å². The van der Waals surface area contributed by atoms with Gasteiger partial charge in [0.25, 0.3) is 5.91 Å². The molecule has 12 heteroatoms. The lowest BCUT2D eigenvalue weighted by Gasteiger charge is -2.21. The molecule has 3 heterocycles. The molecule has 1 aliphatic rings. The smallest absolute Gasteiger partial charge is 0.254 e. The summed E-state index contributed by atoms with van der Waals surface area (Å²) >= 11 is 0. The molecule has 39 heavy (non-hydrogen) atoms. The summed E-state index contributed by atoms with van der Waals surface area (Å²) in [7, 11) is 3.35. The number of aromatic nitrogens is 7. The number of hydrogen-bond acceptors (Lipinski definition) is 9. The standard InChI is InChI=1S/C25H30N10O2.C2H6/c1-34-15-28-23(33-34)18-9-6-10-20(21(18)37-2)31-24-19(22(26)36)12-27-25(32-24)30-17-11-29-35(14-17)13-16-7-4-3-5-8-16;1-2/h6,9-12,14-16H,3-5,7-8,13H2,1-2H3,(H2,26,36)(H2,27,30,31,32);1-2H3. The van der Waals surface area contributed by atoms with Crippen LogP contribution in [0.4, 0.5) is 23.1 Å². The average Bonchev–Trinajstić information content (AvgIpc) is 3.58. The Morgan fingerprint density at radius 1 is 1.13 bits per heavy atom. The Hall–Kier alpha value is -4.48. The number of nitrogens with one attached hydrogen (secondary N) is 2. The van der Waals surface area contributed by atoms with E-state index in [0.29, 0.717) is 34.7 Å². The van der Waals surface area contributed by atoms with E-state index in [0.717, 1.165) is 12.2 Å². The Balaban J connectivity index is 0.00000172. The summed E-state index contributed by atoms with van der Waals surface area (Å²) in [6.07, 6.45) is 13.1. The molecule has 0 unspecified atom stereocenters. The molecular weight excluding hydrogens is 496 g/mol. The second kappa shape index (κ2) is 12.9. The van der Waals surface area contributed by atoms with E-state index in [1.807, 2.05) is 36.9 Å². The summed E-state index contributed by atoms with van der Waals surface area (Å²) in [6.45, 7) is 4.90. The molecule has 3 aromatic heterocycles. The van der Waals surface area contributed by atoms with Crippen molar-refractivity contribution in [1.82, 2.24) is 34.5 Å². The minimum Gasteiger partial charge on any atom is -0.494 e. The molecule has 1 aliphatic carbocycles. The second-order valence-electron chi connectivity index (χ2n) is 9.15. The minimum atomic E-state index is -0.657. The molecule has 4 aromatic rings. The molecule has 4 N–H and O–H groups in total. The first-order chi connectivity index (χ1) is 19.0. The van der Waals surface area contributed by atoms with Gasteiger partial charge >= 0.3 is 0 Å². The number of amides is 1. The highest BCUT2D eigenvalue weighted by molar-refractivity contribution is 5.98. The molecular formula is C27H36N10O2. The van der Waals surface area contributed by atoms with Crippen LogP contribution >= 0.6 is 0 Å². The highest BCUT2D eigenvalue weighted by Crippen LogP contribution is 2.36. The van der Waals surface area contributed by atoms with Gasteiger partial charge in [-0.1, -0.05) is 39.2 Å². The number of hydrogen-bond donors (Lipinski definition) is 3. The topological polar surface area (TPSA) is 151 Å². The van der Waals surface area contributed by atoms with Gasteiger partial charge in [0.1, 0.15) is 17.7 Å². The monoisotopic (exact) mass is 532 g/mol. The third kappa shape index (κ3) is 6.70. The van der Waals surface area contributed by atoms with Crippen molar-refractivity contribution in [1.29, 1.82) is 0 Å². The van der Waals surface area contributed by atoms with Crippen LogP contribution < -0.4 is 21.1 Å². The molecule has 0 bridgehead atoms. The van der Waals surface area contributed by atoms with E-state index < -0.39 is 5.91 Å². The van der Waals surface area contributed by atoms with Crippen molar-refractivity contribution in [2.75, 3.05) is 17.7 Å². The zero-order valence-corrected chi connectivity index (χ0v) is 22.9. The third-order valence-electron chi connectivity index (χ3n) is 6.43. The Morgan fingerprint density at radius 2 is 1.92 bits per heavy atom. The zero-order chi connectivity index (χ0) is 27.8. The first-order valence-electron chi connectivity index (χ1n) is 13.3. The Morgan fingerprint density at radius 3 is 2.62 bits per heavy atom. The molecule has 0 saturated heterocycles. The van der Waals surface area contributed by atoms with E-state index >= 15 is 0 Å². The minimum absolute atomic E-state index is 0.141. The molecule has 0 spiro atoms. The first kappa shape index (κ1) is 27.6. The SMILES string of the molecule is CC.COc1c(Nc2nc(Nc3cnn(CC4CCCCC4)c3)ncc2C(N)=O)cccc1-c1ncn(C)n1. The summed E-state index contributed by atoms with van der Waals surface area (Å²) in [5.41, 5.74) is 7.77. The summed E-state index contributed by atoms with van der Waals surface area (Å²) in [5, 5.41) is 15.2. The Kier molecular flexibility index (Phi) is 9.08. The lowest BCUT2D eigenvalue weighted by Crippen LogP contribution is -2.16. The lowest BCUT2D eigenvalue weighted by atomic mass is 9.89. The van der Waals surface area contributed by atoms with Crippen molar-refractivity contribution < 1.29 is 9.53 Å². The molecule has 1 amide bonds. The fourth-order valence-corrected chi connectivity index (χ4v) is 4.63. The largest absolute Gasteiger partial charge is 0.494 e. The number of nitrogens with zero attached hydrogens (tertiary/aromatic N) is 7. The van der Waals surface area contributed by atoms with Crippen molar-refractivity contribution in [3.63, 3.8) is 0 Å². The number of carbonyl (C=O) groups excluding carboxylic acids is 1. The highest BCUT2D eigenvalue weighted by atomic mass is 16.5. The predicted molar refractivity (Wildman–Crippen MR) is 150 cm³/mol. The quantitative estimate of drug-likeness (QED) is 0.279. The van der Waals surface area contributed by atoms with Crippen LogP contribution in [-0.2, 0) is 13.6 Å². The lowest BCUT2D eigenvalue weighted by molar-refractivity contribution is 0.100. The summed E-state index contributed by atoms with van der Waals surface area (Å²) < 4.78 is 9.23. The van der Waals surface area contributed by atoms with E-state index in [2.05, 4.69) is 35.8 Å². The summed E-state index contributed by atoms with van der Waals surface area (Å²) in [4.78, 5) is 25.3. The molecule has 1 fully saturated rings. The van der Waals surface area contributed by atoms with E-state index in [4.69, 9.17) is 10.5 Å². The van der Waals surface area contributed by atoms with Gasteiger partial charge in [0.15, 0.2) is 11.6 Å². The number of methoxy groups -OCH3 is 1. The van der Waals surface area contributed by atoms with Crippen LogP contribution in [0.25, 0.3) is 11.4 Å². The van der Waals surface area contributed by atoms with Crippen molar-refractivity contribution in [2.24, 2.45) is 18.7 Å². The van der Waals surface area contributed by atoms with E-state index in [9.17, 15) is 4.79 Å². The van der Waals surface area contributed by atoms with Crippen molar-refractivity contribution in [3.05, 3.63) is 48.7 Å². The number of para-hydroxylation sites is 1. The number of rotatable bonds is 9. The Labute approximate surface area is 228 Å². The van der Waals surface area contributed by atoms with Gasteiger partial charge in [0, 0.05) is 26.0 Å². The van der Waals surface area contributed by atoms with Crippen LogP contribution in [0.3, 0.4) is 0 Å². The predicted octanol–water partition coefficient (Wildman–Crippen LogP) is 4.67. The fraction of sp³-hybridized carbons (Fsp3) is 0.407. The van der Waals surface area contributed by atoms with Crippen molar-refractivity contribution in [2.45, 2.75) is 52.5 Å². The average molecular weight is 533 g/mol. The van der Waals surface area contributed by atoms with Crippen LogP contribution in [0.15, 0.2) is 43.1 Å². The third-order valence-corrected chi connectivity index (χ3v) is 6.43. The maximum absolute atomic E-state index is 12.1. The summed E-state index contributed by atoms with van der Waals surface area (Å²) in [6, 6.07) is 5.49. The van der Waals surface area contributed by atoms with Crippen LogP contribution in [0.2, 0.25) is 0 Å². The molecule has 1 aromatic carbocycles. The number of primary amides is 1. The van der Waals surface area contributed by atoms with E-state index in [1.54, 1.807) is 37.4 Å². The van der Waals surface area contributed by atoms with Gasteiger partial charge in [-0.15, -0.1) is 0 Å². The van der Waals surface area contributed by atoms with Crippen LogP contribution in [-0.4, -0.2) is 47.5 Å². The van der Waals surface area contributed by atoms with Crippen molar-refractivity contribution >= 4 is 29.0 Å². The number of ether oxygens (including phenoxy) is 1. The maximum Gasteiger partial charge on any atom is 0.254 e. The molecule has 0 radical (unpaired) electrons. The Bertz CT molecular complexity index is 1390. The molecule has 206 valence electrons. The van der Waals surface area contributed by atoms with E-state index in [-0.39, 0.29) is 11.4 Å². The van der Waals surface area contributed by atoms with Gasteiger partial charge in [0.05, 0.1) is 30.2 Å². The van der Waals surface area contributed by atoms with E-state index in [1.165, 1.54) is 38.3 Å². The van der Waals surface area contributed by atoms with Crippen molar-refractivity contribution in [3.8, 4) is 17.1 Å².